The Balaban J connectivity index is 1.77. The maximum Gasteiger partial charge on any atom is 0.236 e. The first-order chi connectivity index (χ1) is 8.81. The first-order valence-corrected chi connectivity index (χ1v) is 6.41. The van der Waals surface area contributed by atoms with Gasteiger partial charge in [-0.1, -0.05) is 23.9 Å². The van der Waals surface area contributed by atoms with Gasteiger partial charge in [-0.3, -0.25) is 4.79 Å². The number of rotatable bonds is 2. The summed E-state index contributed by atoms with van der Waals surface area (Å²) in [6, 6.07) is 8.01. The Labute approximate surface area is 107 Å². The van der Waals surface area contributed by atoms with Crippen LogP contribution in [0.15, 0.2) is 40.7 Å². The van der Waals surface area contributed by atoms with Crippen molar-refractivity contribution in [2.75, 3.05) is 5.75 Å². The van der Waals surface area contributed by atoms with Crippen molar-refractivity contribution in [3.63, 3.8) is 0 Å². The molecule has 3 rings (SSSR count). The van der Waals surface area contributed by atoms with Gasteiger partial charge >= 0.3 is 0 Å². The number of H-pyrrole nitrogens is 1. The van der Waals surface area contributed by atoms with E-state index >= 15 is 0 Å². The standard InChI is InChI=1S/C12H10N4OS/c17-11-7-18-12(15-11)16-14-6-8-1-2-9-3-4-13-10(9)5-8/h1-6,13H,7H2,(H,15,16,17). The van der Waals surface area contributed by atoms with Crippen molar-refractivity contribution in [1.29, 1.82) is 0 Å². The molecule has 2 heterocycles. The second-order valence-corrected chi connectivity index (χ2v) is 4.77. The van der Waals surface area contributed by atoms with Crippen LogP contribution in [0.5, 0.6) is 0 Å². The van der Waals surface area contributed by atoms with E-state index in [1.54, 1.807) is 6.21 Å². The van der Waals surface area contributed by atoms with E-state index in [-0.39, 0.29) is 5.91 Å². The minimum atomic E-state index is -0.0262. The highest BCUT2D eigenvalue weighted by Crippen LogP contribution is 2.13. The molecule has 0 atom stereocenters. The Morgan fingerprint density at radius 1 is 1.33 bits per heavy atom. The van der Waals surface area contributed by atoms with Crippen molar-refractivity contribution >= 4 is 40.0 Å². The number of benzene rings is 1. The van der Waals surface area contributed by atoms with E-state index < -0.39 is 0 Å². The molecule has 1 aromatic carbocycles. The van der Waals surface area contributed by atoms with Crippen molar-refractivity contribution < 1.29 is 4.79 Å². The van der Waals surface area contributed by atoms with Crippen molar-refractivity contribution in [2.45, 2.75) is 0 Å². The fraction of sp³-hybridized carbons (Fsp3) is 0.0833. The molecule has 1 fully saturated rings. The predicted octanol–water partition coefficient (Wildman–Crippen LogP) is 1.72. The smallest absolute Gasteiger partial charge is 0.236 e. The summed E-state index contributed by atoms with van der Waals surface area (Å²) in [6.45, 7) is 0. The van der Waals surface area contributed by atoms with Crippen LogP contribution in [0, 0.1) is 0 Å². The van der Waals surface area contributed by atoms with Crippen LogP contribution in [0.3, 0.4) is 0 Å². The van der Waals surface area contributed by atoms with E-state index in [0.29, 0.717) is 10.9 Å². The van der Waals surface area contributed by atoms with Gasteiger partial charge in [0.1, 0.15) is 0 Å². The van der Waals surface area contributed by atoms with Gasteiger partial charge in [0.15, 0.2) is 5.17 Å². The molecule has 5 nitrogen and oxygen atoms in total. The average Bonchev–Trinajstić information content (AvgIpc) is 2.97. The van der Waals surface area contributed by atoms with Crippen LogP contribution in [0.2, 0.25) is 0 Å². The number of nitrogens with zero attached hydrogens (tertiary/aromatic N) is 2. The number of amidine groups is 1. The molecule has 0 unspecified atom stereocenters. The summed E-state index contributed by atoms with van der Waals surface area (Å²) in [7, 11) is 0. The van der Waals surface area contributed by atoms with Gasteiger partial charge in [0, 0.05) is 11.7 Å². The Kier molecular flexibility index (Phi) is 2.85. The van der Waals surface area contributed by atoms with Gasteiger partial charge in [0.2, 0.25) is 5.91 Å². The number of hydrogen-bond donors (Lipinski definition) is 2. The molecule has 1 aliphatic rings. The molecule has 2 aromatic rings. The lowest BCUT2D eigenvalue weighted by Gasteiger charge is -1.93. The summed E-state index contributed by atoms with van der Waals surface area (Å²) in [5.74, 6) is 0.393. The topological polar surface area (TPSA) is 69.6 Å². The number of nitrogens with one attached hydrogen (secondary N) is 2. The molecule has 0 radical (unpaired) electrons. The van der Waals surface area contributed by atoms with Crippen LogP contribution in [-0.2, 0) is 4.79 Å². The number of aromatic nitrogens is 1. The molecule has 1 saturated heterocycles. The number of aromatic amines is 1. The Morgan fingerprint density at radius 3 is 3.11 bits per heavy atom. The number of carbonyl (C=O) groups is 1. The second-order valence-electron chi connectivity index (χ2n) is 3.81. The number of carbonyl (C=O) groups excluding carboxylic acids is 1. The molecule has 6 heteroatoms. The summed E-state index contributed by atoms with van der Waals surface area (Å²) in [4.78, 5) is 14.1. The molecule has 90 valence electrons. The van der Waals surface area contributed by atoms with Gasteiger partial charge in [-0.2, -0.15) is 5.10 Å². The highest BCUT2D eigenvalue weighted by Gasteiger charge is 2.15. The largest absolute Gasteiger partial charge is 0.361 e. The van der Waals surface area contributed by atoms with E-state index in [9.17, 15) is 4.79 Å². The minimum Gasteiger partial charge on any atom is -0.361 e. The first-order valence-electron chi connectivity index (χ1n) is 5.42. The zero-order chi connectivity index (χ0) is 12.4. The monoisotopic (exact) mass is 258 g/mol. The number of amides is 1. The lowest BCUT2D eigenvalue weighted by atomic mass is 10.2. The molecule has 0 aliphatic carbocycles. The van der Waals surface area contributed by atoms with Crippen molar-refractivity contribution in [1.82, 2.24) is 10.3 Å². The van der Waals surface area contributed by atoms with Crippen LogP contribution in [0.1, 0.15) is 5.56 Å². The molecule has 0 bridgehead atoms. The quantitative estimate of drug-likeness (QED) is 0.636. The third kappa shape index (κ3) is 2.28. The summed E-state index contributed by atoms with van der Waals surface area (Å²) in [5, 5.41) is 12.2. The fourth-order valence-corrected chi connectivity index (χ4v) is 2.30. The number of fused-ring (bicyclic) bond motifs is 1. The van der Waals surface area contributed by atoms with Gasteiger partial charge in [0.25, 0.3) is 0 Å². The highest BCUT2D eigenvalue weighted by atomic mass is 32.2. The van der Waals surface area contributed by atoms with Crippen LogP contribution >= 0.6 is 11.8 Å². The maximum atomic E-state index is 10.9. The Bertz CT molecular complexity index is 659. The molecule has 0 spiro atoms. The highest BCUT2D eigenvalue weighted by molar-refractivity contribution is 8.15. The van der Waals surface area contributed by atoms with Crippen LogP contribution in [0.4, 0.5) is 0 Å². The predicted molar refractivity (Wildman–Crippen MR) is 73.9 cm³/mol. The van der Waals surface area contributed by atoms with E-state index in [1.807, 2.05) is 30.5 Å². The Hall–Kier alpha value is -2.08. The van der Waals surface area contributed by atoms with Crippen molar-refractivity contribution in [3.05, 3.63) is 36.0 Å². The second kappa shape index (κ2) is 4.66. The molecule has 1 aromatic heterocycles. The number of thioether (sulfide) groups is 1. The van der Waals surface area contributed by atoms with E-state index in [1.165, 1.54) is 11.8 Å². The normalized spacial score (nSPS) is 18.0. The summed E-state index contributed by atoms with van der Waals surface area (Å²) in [6.07, 6.45) is 3.56. The van der Waals surface area contributed by atoms with Crippen LogP contribution in [0.25, 0.3) is 10.9 Å². The molecular weight excluding hydrogens is 248 g/mol. The lowest BCUT2D eigenvalue weighted by molar-refractivity contribution is -0.116. The van der Waals surface area contributed by atoms with Gasteiger partial charge in [0.05, 0.1) is 12.0 Å². The van der Waals surface area contributed by atoms with E-state index in [4.69, 9.17) is 0 Å². The fourth-order valence-electron chi connectivity index (χ4n) is 1.67. The number of hydrogen-bond acceptors (Lipinski definition) is 4. The molecule has 2 N–H and O–H groups in total. The van der Waals surface area contributed by atoms with Crippen LogP contribution < -0.4 is 5.32 Å². The first kappa shape index (κ1) is 11.0. The van der Waals surface area contributed by atoms with Crippen molar-refractivity contribution in [3.8, 4) is 0 Å². The summed E-state index contributed by atoms with van der Waals surface area (Å²) in [5.41, 5.74) is 2.03. The summed E-state index contributed by atoms with van der Waals surface area (Å²) >= 11 is 1.36. The van der Waals surface area contributed by atoms with Crippen molar-refractivity contribution in [2.24, 2.45) is 10.2 Å². The molecule has 0 saturated carbocycles. The lowest BCUT2D eigenvalue weighted by Crippen LogP contribution is -2.19. The van der Waals surface area contributed by atoms with Gasteiger partial charge < -0.3 is 10.3 Å². The summed E-state index contributed by atoms with van der Waals surface area (Å²) < 4.78 is 0. The van der Waals surface area contributed by atoms with E-state index in [0.717, 1.165) is 16.5 Å². The average molecular weight is 258 g/mol. The SMILES string of the molecule is O=C1CSC(=NN=Cc2ccc3cc[nH]c3c2)N1. The van der Waals surface area contributed by atoms with Crippen LogP contribution in [-0.4, -0.2) is 28.0 Å². The Morgan fingerprint density at radius 2 is 2.28 bits per heavy atom. The maximum absolute atomic E-state index is 10.9. The zero-order valence-electron chi connectivity index (χ0n) is 9.38. The van der Waals surface area contributed by atoms with Gasteiger partial charge in [-0.05, 0) is 23.1 Å². The zero-order valence-corrected chi connectivity index (χ0v) is 10.2. The molecule has 1 amide bonds. The van der Waals surface area contributed by atoms with E-state index in [2.05, 4.69) is 20.5 Å². The van der Waals surface area contributed by atoms with Gasteiger partial charge in [-0.25, -0.2) is 0 Å². The third-order valence-electron chi connectivity index (χ3n) is 2.52. The van der Waals surface area contributed by atoms with Gasteiger partial charge in [-0.15, -0.1) is 5.10 Å². The third-order valence-corrected chi connectivity index (χ3v) is 3.38. The molecule has 1 aliphatic heterocycles. The molecular formula is C12H10N4OS. The minimum absolute atomic E-state index is 0.0262. The molecule has 18 heavy (non-hydrogen) atoms.